The monoisotopic (exact) mass is 366 g/mol. The van der Waals surface area contributed by atoms with Crippen molar-refractivity contribution in [2.24, 2.45) is 0 Å². The van der Waals surface area contributed by atoms with Gasteiger partial charge in [-0.15, -0.1) is 0 Å². The van der Waals surface area contributed by atoms with E-state index in [1.54, 1.807) is 13.2 Å². The number of ether oxygens (including phenoxy) is 1. The first-order chi connectivity index (χ1) is 12.7. The summed E-state index contributed by atoms with van der Waals surface area (Å²) in [6.45, 7) is 0.435. The lowest BCUT2D eigenvalue weighted by Crippen LogP contribution is -2.28. The van der Waals surface area contributed by atoms with Crippen LogP contribution in [0.15, 0.2) is 72.8 Å². The molecule has 0 spiro atoms. The Bertz CT molecular complexity index is 900. The number of hydrogen-bond donors (Lipinski definition) is 2. The van der Waals surface area contributed by atoms with Crippen molar-refractivity contribution >= 4 is 23.0 Å². The topological polar surface area (TPSA) is 33.3 Å². The molecule has 2 N–H and O–H groups in total. The summed E-state index contributed by atoms with van der Waals surface area (Å²) >= 11 is 5.36. The smallest absolute Gasteiger partial charge is 0.171 e. The second-order valence-electron chi connectivity index (χ2n) is 5.72. The molecule has 3 rings (SSSR count). The Morgan fingerprint density at radius 3 is 2.50 bits per heavy atom. The third-order valence-electron chi connectivity index (χ3n) is 3.90. The molecule has 0 aliphatic carbocycles. The van der Waals surface area contributed by atoms with Gasteiger partial charge in [0.1, 0.15) is 11.6 Å². The van der Waals surface area contributed by atoms with Gasteiger partial charge in [0.2, 0.25) is 0 Å². The molecule has 0 saturated carbocycles. The largest absolute Gasteiger partial charge is 0.495 e. The number of halogens is 1. The van der Waals surface area contributed by atoms with Crippen molar-refractivity contribution < 1.29 is 9.13 Å². The minimum atomic E-state index is -0.264. The van der Waals surface area contributed by atoms with Gasteiger partial charge in [-0.05, 0) is 53.2 Å². The fraction of sp³-hybridized carbons (Fsp3) is 0.0952. The normalized spacial score (nSPS) is 10.2. The molecule has 0 saturated heterocycles. The van der Waals surface area contributed by atoms with Crippen LogP contribution in [0.2, 0.25) is 0 Å². The Kier molecular flexibility index (Phi) is 5.81. The van der Waals surface area contributed by atoms with Gasteiger partial charge in [0.15, 0.2) is 5.11 Å². The molecular weight excluding hydrogens is 347 g/mol. The summed E-state index contributed by atoms with van der Waals surface area (Å²) in [5.41, 5.74) is 3.75. The number of anilines is 1. The molecule has 0 bridgehead atoms. The van der Waals surface area contributed by atoms with Crippen LogP contribution >= 0.6 is 12.2 Å². The molecule has 0 aliphatic heterocycles. The lowest BCUT2D eigenvalue weighted by molar-refractivity contribution is 0.417. The first-order valence-corrected chi connectivity index (χ1v) is 8.59. The predicted molar refractivity (Wildman–Crippen MR) is 108 cm³/mol. The summed E-state index contributed by atoms with van der Waals surface area (Å²) in [4.78, 5) is 0. The van der Waals surface area contributed by atoms with Crippen LogP contribution in [-0.4, -0.2) is 12.2 Å². The molecular formula is C21H19FN2OS. The molecule has 132 valence electrons. The van der Waals surface area contributed by atoms with Gasteiger partial charge in [-0.3, -0.25) is 0 Å². The quantitative estimate of drug-likeness (QED) is 0.624. The van der Waals surface area contributed by atoms with Crippen molar-refractivity contribution in [1.82, 2.24) is 5.32 Å². The number of benzene rings is 3. The number of nitrogens with one attached hydrogen (secondary N) is 2. The van der Waals surface area contributed by atoms with Crippen molar-refractivity contribution in [3.05, 3.63) is 84.2 Å². The summed E-state index contributed by atoms with van der Waals surface area (Å²) in [6, 6.07) is 22.4. The standard InChI is InChI=1S/C21H19FN2OS/c1-25-20-11-10-17(16-7-3-2-4-8-16)13-19(20)24-21(26)23-14-15-6-5-9-18(22)12-15/h2-13H,14H2,1H3,(H2,23,24,26). The van der Waals surface area contributed by atoms with E-state index in [2.05, 4.69) is 10.6 Å². The molecule has 0 radical (unpaired) electrons. The SMILES string of the molecule is COc1ccc(-c2ccccc2)cc1NC(=S)NCc1cccc(F)c1. The number of hydrogen-bond acceptors (Lipinski definition) is 2. The van der Waals surface area contributed by atoms with Gasteiger partial charge in [-0.1, -0.05) is 48.5 Å². The van der Waals surface area contributed by atoms with E-state index in [4.69, 9.17) is 17.0 Å². The van der Waals surface area contributed by atoms with Gasteiger partial charge >= 0.3 is 0 Å². The van der Waals surface area contributed by atoms with Crippen LogP contribution in [0.1, 0.15) is 5.56 Å². The van der Waals surface area contributed by atoms with Crippen molar-refractivity contribution in [2.45, 2.75) is 6.54 Å². The lowest BCUT2D eigenvalue weighted by atomic mass is 10.0. The van der Waals surface area contributed by atoms with Crippen molar-refractivity contribution in [3.8, 4) is 16.9 Å². The molecule has 26 heavy (non-hydrogen) atoms. The van der Waals surface area contributed by atoms with Crippen LogP contribution < -0.4 is 15.4 Å². The van der Waals surface area contributed by atoms with E-state index in [-0.39, 0.29) is 5.82 Å². The van der Waals surface area contributed by atoms with Gasteiger partial charge in [0, 0.05) is 6.54 Å². The molecule has 0 aliphatic rings. The molecule has 3 aromatic carbocycles. The molecule has 0 atom stereocenters. The fourth-order valence-electron chi connectivity index (χ4n) is 2.61. The zero-order valence-electron chi connectivity index (χ0n) is 14.3. The molecule has 5 heteroatoms. The average molecular weight is 366 g/mol. The molecule has 0 aromatic heterocycles. The van der Waals surface area contributed by atoms with Crippen LogP contribution in [0, 0.1) is 5.82 Å². The first-order valence-electron chi connectivity index (χ1n) is 8.18. The summed E-state index contributed by atoms with van der Waals surface area (Å²) in [7, 11) is 1.62. The maximum Gasteiger partial charge on any atom is 0.171 e. The van der Waals surface area contributed by atoms with E-state index < -0.39 is 0 Å². The highest BCUT2D eigenvalue weighted by Crippen LogP contribution is 2.30. The number of methoxy groups -OCH3 is 1. The third kappa shape index (κ3) is 4.58. The van der Waals surface area contributed by atoms with Crippen LogP contribution in [0.4, 0.5) is 10.1 Å². The Morgan fingerprint density at radius 1 is 0.962 bits per heavy atom. The van der Waals surface area contributed by atoms with Gasteiger partial charge in [-0.25, -0.2) is 4.39 Å². The summed E-state index contributed by atoms with van der Waals surface area (Å²) in [6.07, 6.45) is 0. The van der Waals surface area contributed by atoms with E-state index in [0.717, 1.165) is 22.4 Å². The van der Waals surface area contributed by atoms with E-state index in [1.807, 2.05) is 54.6 Å². The summed E-state index contributed by atoms with van der Waals surface area (Å²) in [5, 5.41) is 6.68. The summed E-state index contributed by atoms with van der Waals surface area (Å²) in [5.74, 6) is 0.431. The Morgan fingerprint density at radius 2 is 1.77 bits per heavy atom. The van der Waals surface area contributed by atoms with Gasteiger partial charge < -0.3 is 15.4 Å². The summed E-state index contributed by atoms with van der Waals surface area (Å²) < 4.78 is 18.7. The number of rotatable bonds is 5. The first kappa shape index (κ1) is 17.9. The van der Waals surface area contributed by atoms with Gasteiger partial charge in [-0.2, -0.15) is 0 Å². The minimum absolute atomic E-state index is 0.264. The second kappa shape index (κ2) is 8.45. The van der Waals surface area contributed by atoms with Crippen molar-refractivity contribution in [1.29, 1.82) is 0 Å². The van der Waals surface area contributed by atoms with Crippen LogP contribution in [0.3, 0.4) is 0 Å². The molecule has 0 heterocycles. The Hall–Kier alpha value is -2.92. The predicted octanol–water partition coefficient (Wildman–Crippen LogP) is 4.99. The third-order valence-corrected chi connectivity index (χ3v) is 4.14. The van der Waals surface area contributed by atoms with E-state index in [0.29, 0.717) is 17.4 Å². The van der Waals surface area contributed by atoms with E-state index in [9.17, 15) is 4.39 Å². The fourth-order valence-corrected chi connectivity index (χ4v) is 2.79. The van der Waals surface area contributed by atoms with Gasteiger partial charge in [0.25, 0.3) is 0 Å². The Balaban J connectivity index is 1.72. The van der Waals surface area contributed by atoms with Crippen molar-refractivity contribution in [2.75, 3.05) is 12.4 Å². The van der Waals surface area contributed by atoms with Crippen LogP contribution in [0.25, 0.3) is 11.1 Å². The van der Waals surface area contributed by atoms with Crippen molar-refractivity contribution in [3.63, 3.8) is 0 Å². The zero-order valence-corrected chi connectivity index (χ0v) is 15.1. The highest BCUT2D eigenvalue weighted by atomic mass is 32.1. The lowest BCUT2D eigenvalue weighted by Gasteiger charge is -2.15. The average Bonchev–Trinajstić information content (AvgIpc) is 2.67. The molecule has 3 aromatic rings. The number of thiocarbonyl (C=S) groups is 1. The molecule has 3 nitrogen and oxygen atoms in total. The molecule has 0 unspecified atom stereocenters. The minimum Gasteiger partial charge on any atom is -0.495 e. The molecule has 0 fully saturated rings. The maximum absolute atomic E-state index is 13.3. The highest BCUT2D eigenvalue weighted by molar-refractivity contribution is 7.80. The molecule has 0 amide bonds. The Labute approximate surface area is 157 Å². The maximum atomic E-state index is 13.3. The van der Waals surface area contributed by atoms with Crippen LogP contribution in [-0.2, 0) is 6.54 Å². The van der Waals surface area contributed by atoms with E-state index >= 15 is 0 Å². The van der Waals surface area contributed by atoms with E-state index in [1.165, 1.54) is 12.1 Å². The van der Waals surface area contributed by atoms with Crippen LogP contribution in [0.5, 0.6) is 5.75 Å². The zero-order chi connectivity index (χ0) is 18.4. The second-order valence-corrected chi connectivity index (χ2v) is 6.13. The highest BCUT2D eigenvalue weighted by Gasteiger charge is 2.08. The van der Waals surface area contributed by atoms with Gasteiger partial charge in [0.05, 0.1) is 12.8 Å².